The minimum atomic E-state index is -1.70. The molecule has 10 atom stereocenters. The monoisotopic (exact) mass is 1060 g/mol. The highest BCUT2D eigenvalue weighted by Gasteiger charge is 2.37. The maximum absolute atomic E-state index is 14.4. The second-order valence-electron chi connectivity index (χ2n) is 18.3. The van der Waals surface area contributed by atoms with Crippen LogP contribution in [0, 0.1) is 5.92 Å². The van der Waals surface area contributed by atoms with Gasteiger partial charge in [0.15, 0.2) is 0 Å². The van der Waals surface area contributed by atoms with Gasteiger partial charge in [-0.05, 0) is 93.8 Å². The molecule has 2 aromatic rings. The number of rotatable bonds is 30. The number of carbonyl (C=O) groups is 10. The maximum atomic E-state index is 14.4. The summed E-state index contributed by atoms with van der Waals surface area (Å²) in [6, 6.07) is -1.07. The fraction of sp³-hybridized carbons (Fsp3) is 0.551. The molecular formula is C49H73N11O15. The average molecular weight is 1060 g/mol. The number of phenolic OH excluding ortho intramolecular Hbond substituents is 2. The quantitative estimate of drug-likeness (QED) is 0.0332. The molecule has 0 spiro atoms. The van der Waals surface area contributed by atoms with E-state index in [-0.39, 0.29) is 50.3 Å². The number of nitrogens with one attached hydrogen (secondary N) is 8. The zero-order valence-electron chi connectivity index (χ0n) is 42.5. The van der Waals surface area contributed by atoms with E-state index in [0.29, 0.717) is 43.4 Å². The Hall–Kier alpha value is -7.42. The standard InChI is InChI=1S/C49H73N11O15/c1-5-26(2)40(48(73)57-36(24-61)46(71)52-27(3)41(66)54-33(9-6-7-19-50)43(68)58-37(25-62)49(74)75)59-45(70)35(22-30-13-17-32(64)18-14-30)56-44(69)34(21-29-11-15-31(63)16-12-29)55-42(67)28(4)53-47(72)38-10-8-20-60(38)39(65)23-51/h11-18,26-28,33-38,40,61-64H,5-10,19-25,50-51H2,1-4H3,(H,52,71)(H,53,72)(H,54,66)(H,55,67)(H,56,69)(H,57,73)(H,58,68)(H,59,70)(H,74,75)/t26-,27-,28-,33-,34-,35-,36-,37-,38-,40-/m0/s1. The van der Waals surface area contributed by atoms with E-state index in [4.69, 9.17) is 11.5 Å². The van der Waals surface area contributed by atoms with Gasteiger partial charge >= 0.3 is 5.97 Å². The number of likely N-dealkylation sites (tertiary alicyclic amines) is 1. The predicted molar refractivity (Wildman–Crippen MR) is 268 cm³/mol. The van der Waals surface area contributed by atoms with Crippen molar-refractivity contribution < 1.29 is 73.5 Å². The van der Waals surface area contributed by atoms with Crippen LogP contribution < -0.4 is 54.0 Å². The van der Waals surface area contributed by atoms with Gasteiger partial charge in [-0.15, -0.1) is 0 Å². The number of hydrogen-bond donors (Lipinski definition) is 15. The molecule has 414 valence electrons. The molecule has 1 saturated heterocycles. The van der Waals surface area contributed by atoms with Crippen LogP contribution in [0.1, 0.15) is 77.3 Å². The molecule has 1 aliphatic heterocycles. The van der Waals surface area contributed by atoms with E-state index < -0.39 is 133 Å². The van der Waals surface area contributed by atoms with Crippen LogP contribution in [0.5, 0.6) is 11.5 Å². The van der Waals surface area contributed by atoms with Crippen LogP contribution in [-0.4, -0.2) is 177 Å². The lowest BCUT2D eigenvalue weighted by atomic mass is 9.96. The summed E-state index contributed by atoms with van der Waals surface area (Å²) in [5.74, 6) is -9.81. The van der Waals surface area contributed by atoms with Gasteiger partial charge < -0.3 is 84.4 Å². The SMILES string of the molecule is CC[C@H](C)[C@H](NC(=O)[C@H](Cc1ccc(O)cc1)NC(=O)[C@H](Cc1ccc(O)cc1)NC(=O)[C@H](C)NC(=O)[C@@H]1CCCN1C(=O)CN)C(=O)N[C@@H](CO)C(=O)N[C@@H](C)C(=O)N[C@@H](CCCCN)C(=O)N[C@@H](CO)C(=O)O. The van der Waals surface area contributed by atoms with Crippen LogP contribution in [0.25, 0.3) is 0 Å². The third-order valence-electron chi connectivity index (χ3n) is 12.6. The van der Waals surface area contributed by atoms with E-state index in [0.717, 1.165) is 0 Å². The number of hydrogen-bond acceptors (Lipinski definition) is 16. The van der Waals surface area contributed by atoms with Crippen molar-refractivity contribution in [2.45, 2.75) is 133 Å². The Balaban J connectivity index is 1.85. The van der Waals surface area contributed by atoms with E-state index in [9.17, 15) is 73.5 Å². The molecule has 0 unspecified atom stereocenters. The lowest BCUT2D eigenvalue weighted by Gasteiger charge is -2.29. The second kappa shape index (κ2) is 30.7. The highest BCUT2D eigenvalue weighted by Crippen LogP contribution is 2.19. The smallest absolute Gasteiger partial charge is 0.328 e. The zero-order valence-corrected chi connectivity index (χ0v) is 42.5. The lowest BCUT2D eigenvalue weighted by molar-refractivity contribution is -0.143. The van der Waals surface area contributed by atoms with Gasteiger partial charge in [-0.25, -0.2) is 4.79 Å². The minimum Gasteiger partial charge on any atom is -0.508 e. The van der Waals surface area contributed by atoms with E-state index in [1.54, 1.807) is 13.8 Å². The van der Waals surface area contributed by atoms with Crippen molar-refractivity contribution in [3.8, 4) is 11.5 Å². The number of aliphatic hydroxyl groups is 2. The number of benzene rings is 2. The molecule has 1 aliphatic rings. The number of nitrogens with two attached hydrogens (primary N) is 2. The number of aliphatic hydroxyl groups excluding tert-OH is 2. The van der Waals surface area contributed by atoms with Gasteiger partial charge in [0, 0.05) is 19.4 Å². The normalized spacial score (nSPS) is 16.7. The first-order valence-electron chi connectivity index (χ1n) is 24.7. The van der Waals surface area contributed by atoms with Crippen molar-refractivity contribution in [3.63, 3.8) is 0 Å². The molecule has 3 rings (SSSR count). The molecule has 0 aliphatic carbocycles. The van der Waals surface area contributed by atoms with Crippen molar-refractivity contribution in [1.82, 2.24) is 47.4 Å². The summed E-state index contributed by atoms with van der Waals surface area (Å²) in [5.41, 5.74) is 12.0. The van der Waals surface area contributed by atoms with Crippen molar-refractivity contribution in [2.75, 3.05) is 32.8 Å². The van der Waals surface area contributed by atoms with E-state index in [1.807, 2.05) is 0 Å². The Morgan fingerprint density at radius 3 is 1.53 bits per heavy atom. The molecule has 2 aromatic carbocycles. The highest BCUT2D eigenvalue weighted by molar-refractivity contribution is 5.98. The third-order valence-corrected chi connectivity index (χ3v) is 12.6. The Morgan fingerprint density at radius 1 is 0.587 bits per heavy atom. The zero-order chi connectivity index (χ0) is 55.9. The maximum Gasteiger partial charge on any atom is 0.328 e. The average Bonchev–Trinajstić information content (AvgIpc) is 3.89. The summed E-state index contributed by atoms with van der Waals surface area (Å²) in [7, 11) is 0. The topological polar surface area (TPSA) is 423 Å². The van der Waals surface area contributed by atoms with Crippen LogP contribution in [0.3, 0.4) is 0 Å². The molecule has 1 heterocycles. The van der Waals surface area contributed by atoms with Crippen LogP contribution in [0.2, 0.25) is 0 Å². The number of carboxylic acid groups (broad SMARTS) is 1. The molecule has 17 N–H and O–H groups in total. The number of phenols is 2. The number of carbonyl (C=O) groups excluding carboxylic acids is 9. The number of aromatic hydroxyl groups is 2. The number of unbranched alkanes of at least 4 members (excludes halogenated alkanes) is 1. The Morgan fingerprint density at radius 2 is 1.04 bits per heavy atom. The molecule has 26 nitrogen and oxygen atoms in total. The third kappa shape index (κ3) is 19.4. The molecule has 0 bridgehead atoms. The number of nitrogens with zero attached hydrogens (tertiary/aromatic N) is 1. The van der Waals surface area contributed by atoms with E-state index in [1.165, 1.54) is 67.3 Å². The first-order valence-corrected chi connectivity index (χ1v) is 24.7. The van der Waals surface area contributed by atoms with Gasteiger partial charge in [0.25, 0.3) is 0 Å². The summed E-state index contributed by atoms with van der Waals surface area (Å²) in [5, 5.41) is 68.6. The van der Waals surface area contributed by atoms with Gasteiger partial charge in [-0.1, -0.05) is 44.5 Å². The number of carboxylic acids is 1. The van der Waals surface area contributed by atoms with Gasteiger partial charge in [0.2, 0.25) is 53.2 Å². The first-order chi connectivity index (χ1) is 35.6. The summed E-state index contributed by atoms with van der Waals surface area (Å²) >= 11 is 0. The Bertz CT molecular complexity index is 2290. The summed E-state index contributed by atoms with van der Waals surface area (Å²) in [6.07, 6.45) is 1.56. The van der Waals surface area contributed by atoms with Crippen LogP contribution >= 0.6 is 0 Å². The molecule has 75 heavy (non-hydrogen) atoms. The van der Waals surface area contributed by atoms with Crippen molar-refractivity contribution in [3.05, 3.63) is 59.7 Å². The lowest BCUT2D eigenvalue weighted by Crippen LogP contribution is -2.62. The van der Waals surface area contributed by atoms with Gasteiger partial charge in [-0.2, -0.15) is 0 Å². The van der Waals surface area contributed by atoms with Crippen molar-refractivity contribution in [2.24, 2.45) is 17.4 Å². The van der Waals surface area contributed by atoms with Crippen molar-refractivity contribution >= 4 is 59.1 Å². The van der Waals surface area contributed by atoms with Crippen LogP contribution in [0.4, 0.5) is 0 Å². The van der Waals surface area contributed by atoms with E-state index in [2.05, 4.69) is 42.5 Å². The largest absolute Gasteiger partial charge is 0.508 e. The molecular weight excluding hydrogens is 983 g/mol. The number of amides is 9. The fourth-order valence-corrected chi connectivity index (χ4v) is 7.86. The second-order valence-corrected chi connectivity index (χ2v) is 18.3. The number of aliphatic carboxylic acids is 1. The van der Waals surface area contributed by atoms with Crippen molar-refractivity contribution in [1.29, 1.82) is 0 Å². The summed E-state index contributed by atoms with van der Waals surface area (Å²) < 4.78 is 0. The molecule has 1 fully saturated rings. The Labute approximate surface area is 433 Å². The van der Waals surface area contributed by atoms with Gasteiger partial charge in [0.05, 0.1) is 19.8 Å². The molecule has 0 radical (unpaired) electrons. The molecule has 0 aromatic heterocycles. The van der Waals surface area contributed by atoms with Gasteiger partial charge in [-0.3, -0.25) is 43.2 Å². The predicted octanol–water partition coefficient (Wildman–Crippen LogP) is -4.00. The van der Waals surface area contributed by atoms with Crippen LogP contribution in [0.15, 0.2) is 48.5 Å². The Kier molecular flexibility index (Phi) is 25.3. The first kappa shape index (κ1) is 61.9. The molecule has 0 saturated carbocycles. The highest BCUT2D eigenvalue weighted by atomic mass is 16.4. The van der Waals surface area contributed by atoms with Crippen LogP contribution in [-0.2, 0) is 60.8 Å². The molecule has 26 heteroatoms. The fourth-order valence-electron chi connectivity index (χ4n) is 7.86. The van der Waals surface area contributed by atoms with E-state index >= 15 is 0 Å². The van der Waals surface area contributed by atoms with Gasteiger partial charge in [0.1, 0.15) is 65.9 Å². The minimum absolute atomic E-state index is 0.0172. The summed E-state index contributed by atoms with van der Waals surface area (Å²) in [6.45, 7) is 4.29. The molecule has 9 amide bonds. The summed E-state index contributed by atoms with van der Waals surface area (Å²) in [4.78, 5) is 135.